The molecule has 8 heteroatoms. The number of hydrogen-bond donors (Lipinski definition) is 0. The molecule has 30 heavy (non-hydrogen) atoms. The Morgan fingerprint density at radius 3 is 2.70 bits per heavy atom. The lowest BCUT2D eigenvalue weighted by Gasteiger charge is -2.37. The first-order valence-electron chi connectivity index (χ1n) is 10.9. The van der Waals surface area contributed by atoms with Crippen molar-refractivity contribution in [1.29, 1.82) is 0 Å². The van der Waals surface area contributed by atoms with E-state index in [1.165, 1.54) is 26.4 Å². The van der Waals surface area contributed by atoms with Crippen molar-refractivity contribution < 1.29 is 19.1 Å². The van der Waals surface area contributed by atoms with Gasteiger partial charge in [-0.15, -0.1) is 0 Å². The van der Waals surface area contributed by atoms with Gasteiger partial charge in [0, 0.05) is 31.6 Å². The van der Waals surface area contributed by atoms with Crippen molar-refractivity contribution in [3.05, 3.63) is 21.8 Å². The monoisotopic (exact) mass is 479 g/mol. The van der Waals surface area contributed by atoms with E-state index in [-0.39, 0.29) is 11.8 Å². The molecule has 1 saturated heterocycles. The summed E-state index contributed by atoms with van der Waals surface area (Å²) in [6.45, 7) is 4.01. The van der Waals surface area contributed by atoms with Gasteiger partial charge in [-0.1, -0.05) is 6.42 Å². The van der Waals surface area contributed by atoms with E-state index in [4.69, 9.17) is 9.47 Å². The van der Waals surface area contributed by atoms with Crippen LogP contribution < -0.4 is 4.74 Å². The van der Waals surface area contributed by atoms with Gasteiger partial charge in [-0.05, 0) is 73.6 Å². The fourth-order valence-electron chi connectivity index (χ4n) is 5.00. The van der Waals surface area contributed by atoms with E-state index >= 15 is 0 Å². The highest BCUT2D eigenvalue weighted by Gasteiger charge is 2.50. The second-order valence-corrected chi connectivity index (χ2v) is 9.55. The highest BCUT2D eigenvalue weighted by Crippen LogP contribution is 2.49. The Morgan fingerprint density at radius 1 is 1.33 bits per heavy atom. The summed E-state index contributed by atoms with van der Waals surface area (Å²) < 4.78 is 11.7. The molecule has 2 aliphatic heterocycles. The Labute approximate surface area is 186 Å². The first kappa shape index (κ1) is 21.6. The Hall–Kier alpha value is -1.67. The highest BCUT2D eigenvalue weighted by atomic mass is 79.9. The number of aromatic nitrogens is 1. The zero-order valence-corrected chi connectivity index (χ0v) is 19.4. The van der Waals surface area contributed by atoms with Crippen molar-refractivity contribution in [3.8, 4) is 5.88 Å². The first-order valence-corrected chi connectivity index (χ1v) is 11.7. The topological polar surface area (TPSA) is 72.0 Å². The predicted octanol–water partition coefficient (Wildman–Crippen LogP) is 3.35. The molecule has 1 spiro atoms. The summed E-state index contributed by atoms with van der Waals surface area (Å²) in [7, 11) is 3.43. The molecule has 1 aliphatic carbocycles. The number of rotatable bonds is 5. The second-order valence-electron chi connectivity index (χ2n) is 8.70. The third kappa shape index (κ3) is 4.08. The molecule has 1 aromatic rings. The van der Waals surface area contributed by atoms with Crippen LogP contribution in [0.2, 0.25) is 0 Å². The molecular weight excluding hydrogens is 450 g/mol. The molecule has 1 aromatic heterocycles. The van der Waals surface area contributed by atoms with Gasteiger partial charge in [0.15, 0.2) is 5.69 Å². The van der Waals surface area contributed by atoms with Crippen molar-refractivity contribution >= 4 is 27.8 Å². The normalized spacial score (nSPS) is 26.4. The zero-order valence-electron chi connectivity index (χ0n) is 17.8. The van der Waals surface area contributed by atoms with Gasteiger partial charge in [-0.2, -0.15) is 0 Å². The van der Waals surface area contributed by atoms with Crippen LogP contribution >= 0.6 is 15.9 Å². The van der Waals surface area contributed by atoms with Crippen molar-refractivity contribution in [2.75, 3.05) is 40.3 Å². The molecule has 0 atom stereocenters. The van der Waals surface area contributed by atoms with Crippen molar-refractivity contribution in [2.45, 2.75) is 50.5 Å². The van der Waals surface area contributed by atoms with Crippen LogP contribution in [0.15, 0.2) is 10.5 Å². The predicted molar refractivity (Wildman–Crippen MR) is 115 cm³/mol. The molecule has 7 nitrogen and oxygen atoms in total. The summed E-state index contributed by atoms with van der Waals surface area (Å²) in [5.74, 6) is 0.168. The zero-order chi connectivity index (χ0) is 21.3. The summed E-state index contributed by atoms with van der Waals surface area (Å²) in [6.07, 6.45) is 6.55. The van der Waals surface area contributed by atoms with Crippen LogP contribution in [0.25, 0.3) is 0 Å². The maximum absolute atomic E-state index is 13.0. The summed E-state index contributed by atoms with van der Waals surface area (Å²) in [6, 6.07) is 1.89. The van der Waals surface area contributed by atoms with Crippen LogP contribution in [0.1, 0.15) is 61.0 Å². The SMILES string of the molecule is COc1nc2c(cc1Br)[C@]1(CC[C@@H](C(=O)N(C)CCN3CCCCC3)CC1)OC2=O. The lowest BCUT2D eigenvalue weighted by atomic mass is 9.75. The quantitative estimate of drug-likeness (QED) is 0.602. The van der Waals surface area contributed by atoms with Gasteiger partial charge in [0.05, 0.1) is 11.6 Å². The van der Waals surface area contributed by atoms with Gasteiger partial charge in [0.2, 0.25) is 11.8 Å². The lowest BCUT2D eigenvalue weighted by molar-refractivity contribution is -0.137. The number of pyridine rings is 1. The van der Waals surface area contributed by atoms with Crippen molar-refractivity contribution in [2.24, 2.45) is 5.92 Å². The maximum atomic E-state index is 13.0. The number of hydrogen-bond acceptors (Lipinski definition) is 6. The number of methoxy groups -OCH3 is 1. The van der Waals surface area contributed by atoms with Crippen LogP contribution in [-0.4, -0.2) is 67.0 Å². The fourth-order valence-corrected chi connectivity index (χ4v) is 5.48. The number of nitrogens with zero attached hydrogens (tertiary/aromatic N) is 3. The van der Waals surface area contributed by atoms with E-state index in [1.807, 2.05) is 18.0 Å². The summed E-state index contributed by atoms with van der Waals surface area (Å²) in [5, 5.41) is 0. The minimum absolute atomic E-state index is 0.0145. The molecule has 3 aliphatic rings. The van der Waals surface area contributed by atoms with Gasteiger partial charge < -0.3 is 19.3 Å². The van der Waals surface area contributed by atoms with Gasteiger partial charge in [-0.25, -0.2) is 9.78 Å². The van der Waals surface area contributed by atoms with E-state index in [2.05, 4.69) is 25.8 Å². The molecule has 3 heterocycles. The molecule has 0 aromatic carbocycles. The van der Waals surface area contributed by atoms with Crippen LogP contribution in [-0.2, 0) is 15.1 Å². The van der Waals surface area contributed by atoms with E-state index in [1.54, 1.807) is 0 Å². The van der Waals surface area contributed by atoms with E-state index in [9.17, 15) is 9.59 Å². The lowest BCUT2D eigenvalue weighted by Crippen LogP contribution is -2.43. The van der Waals surface area contributed by atoms with E-state index < -0.39 is 11.6 Å². The molecule has 0 N–H and O–H groups in total. The smallest absolute Gasteiger partial charge is 0.358 e. The Bertz CT molecular complexity index is 817. The summed E-state index contributed by atoms with van der Waals surface area (Å²) in [4.78, 5) is 34.1. The second kappa shape index (κ2) is 8.83. The third-order valence-electron chi connectivity index (χ3n) is 6.83. The first-order chi connectivity index (χ1) is 14.4. The Balaban J connectivity index is 1.37. The van der Waals surface area contributed by atoms with Crippen LogP contribution in [0.3, 0.4) is 0 Å². The number of likely N-dealkylation sites (N-methyl/N-ethyl adjacent to an activating group) is 1. The van der Waals surface area contributed by atoms with E-state index in [0.29, 0.717) is 41.7 Å². The van der Waals surface area contributed by atoms with Gasteiger partial charge in [0.25, 0.3) is 0 Å². The van der Waals surface area contributed by atoms with Gasteiger partial charge in [0.1, 0.15) is 5.60 Å². The number of fused-ring (bicyclic) bond motifs is 2. The van der Waals surface area contributed by atoms with Crippen LogP contribution in [0, 0.1) is 5.92 Å². The third-order valence-corrected chi connectivity index (χ3v) is 7.40. The molecule has 0 unspecified atom stereocenters. The summed E-state index contributed by atoms with van der Waals surface area (Å²) >= 11 is 3.46. The molecule has 0 bridgehead atoms. The van der Waals surface area contributed by atoms with Crippen LogP contribution in [0.4, 0.5) is 0 Å². The molecule has 0 radical (unpaired) electrons. The molecule has 4 rings (SSSR count). The van der Waals surface area contributed by atoms with E-state index in [0.717, 1.165) is 31.7 Å². The molecular formula is C22H30BrN3O4. The number of esters is 1. The van der Waals surface area contributed by atoms with Crippen LogP contribution in [0.5, 0.6) is 5.88 Å². The van der Waals surface area contributed by atoms with Crippen molar-refractivity contribution in [3.63, 3.8) is 0 Å². The Morgan fingerprint density at radius 2 is 2.03 bits per heavy atom. The Kier molecular flexibility index (Phi) is 6.34. The fraction of sp³-hybridized carbons (Fsp3) is 0.682. The number of carbonyl (C=O) groups is 2. The number of halogens is 1. The average Bonchev–Trinajstić information content (AvgIpc) is 3.02. The maximum Gasteiger partial charge on any atom is 0.358 e. The highest BCUT2D eigenvalue weighted by molar-refractivity contribution is 9.10. The van der Waals surface area contributed by atoms with Gasteiger partial charge in [-0.3, -0.25) is 4.79 Å². The van der Waals surface area contributed by atoms with Gasteiger partial charge >= 0.3 is 5.97 Å². The number of amides is 1. The molecule has 1 amide bonds. The largest absolute Gasteiger partial charge is 0.480 e. The number of carbonyl (C=O) groups excluding carboxylic acids is 2. The minimum Gasteiger partial charge on any atom is -0.480 e. The summed E-state index contributed by atoms with van der Waals surface area (Å²) in [5.41, 5.74) is 0.472. The number of likely N-dealkylation sites (tertiary alicyclic amines) is 1. The molecule has 164 valence electrons. The average molecular weight is 480 g/mol. The molecule has 1 saturated carbocycles. The number of piperidine rings is 1. The van der Waals surface area contributed by atoms with Crippen molar-refractivity contribution in [1.82, 2.24) is 14.8 Å². The minimum atomic E-state index is -0.669. The molecule has 2 fully saturated rings. The number of ether oxygens (including phenoxy) is 2. The standard InChI is InChI=1S/C22H30BrN3O4/c1-25(12-13-26-10-4-3-5-11-26)20(27)15-6-8-22(9-7-15)16-14-17(23)19(29-2)24-18(16)21(28)30-22/h14-15H,3-13H2,1-2H3/t15-,22-.